The number of anilines is 1. The number of nitrogens with zero attached hydrogens (tertiary/aromatic N) is 1. The van der Waals surface area contributed by atoms with Gasteiger partial charge in [0, 0.05) is 24.8 Å². The molecular weight excluding hydrogens is 272 g/mol. The smallest absolute Gasteiger partial charge is 0.371 e. The summed E-state index contributed by atoms with van der Waals surface area (Å²) in [5, 5.41) is 0. The number of hydrogen-bond acceptors (Lipinski definition) is 2. The first-order valence-corrected chi connectivity index (χ1v) is 6.65. The van der Waals surface area contributed by atoms with Crippen LogP contribution in [0.3, 0.4) is 0 Å². The quantitative estimate of drug-likeness (QED) is 0.843. The fourth-order valence-electron chi connectivity index (χ4n) is 2.64. The molecule has 0 aromatic heterocycles. The highest BCUT2D eigenvalue weighted by molar-refractivity contribution is 5.55. The molecule has 1 aliphatic rings. The van der Waals surface area contributed by atoms with E-state index >= 15 is 0 Å². The van der Waals surface area contributed by atoms with E-state index in [1.807, 2.05) is 0 Å². The van der Waals surface area contributed by atoms with Gasteiger partial charge in [-0.3, -0.25) is 0 Å². The highest BCUT2D eigenvalue weighted by atomic mass is 19.4. The van der Waals surface area contributed by atoms with Crippen molar-refractivity contribution in [2.75, 3.05) is 18.0 Å². The van der Waals surface area contributed by atoms with Gasteiger partial charge in [0.15, 0.2) is 0 Å². The zero-order valence-electron chi connectivity index (χ0n) is 11.3. The van der Waals surface area contributed by atoms with Gasteiger partial charge in [-0.05, 0) is 43.5 Å². The molecule has 6 heteroatoms. The summed E-state index contributed by atoms with van der Waals surface area (Å²) in [6, 6.07) is 3.66. The van der Waals surface area contributed by atoms with Crippen molar-refractivity contribution < 1.29 is 17.6 Å². The minimum Gasteiger partial charge on any atom is -0.371 e. The third kappa shape index (κ3) is 3.23. The van der Waals surface area contributed by atoms with E-state index in [1.54, 1.807) is 11.8 Å². The first-order chi connectivity index (χ1) is 9.29. The Hall–Kier alpha value is -1.30. The molecule has 1 aromatic carbocycles. The number of piperidine rings is 1. The highest BCUT2D eigenvalue weighted by Crippen LogP contribution is 2.36. The van der Waals surface area contributed by atoms with E-state index in [4.69, 9.17) is 5.73 Å². The van der Waals surface area contributed by atoms with Gasteiger partial charge in [-0.25, -0.2) is 4.39 Å². The van der Waals surface area contributed by atoms with Crippen molar-refractivity contribution in [1.29, 1.82) is 0 Å². The lowest BCUT2D eigenvalue weighted by atomic mass is 9.95. The molecule has 0 saturated carbocycles. The minimum atomic E-state index is -4.19. The number of alkyl halides is 3. The van der Waals surface area contributed by atoms with Gasteiger partial charge < -0.3 is 10.6 Å². The Morgan fingerprint density at radius 2 is 2.05 bits per heavy atom. The standard InChI is InChI=1S/C14H18F4N2/c1-9(19)12-7-11(15)4-5-13(12)20-6-2-3-10(8-20)14(16,17)18/h4-5,7,9-10H,2-3,6,8,19H2,1H3/t9-,10?/m1/s1. The van der Waals surface area contributed by atoms with Crippen LogP contribution >= 0.6 is 0 Å². The van der Waals surface area contributed by atoms with Gasteiger partial charge in [0.2, 0.25) is 0 Å². The fraction of sp³-hybridized carbons (Fsp3) is 0.571. The summed E-state index contributed by atoms with van der Waals surface area (Å²) >= 11 is 0. The molecule has 20 heavy (non-hydrogen) atoms. The van der Waals surface area contributed by atoms with Gasteiger partial charge >= 0.3 is 6.18 Å². The van der Waals surface area contributed by atoms with Crippen LogP contribution in [-0.4, -0.2) is 19.3 Å². The second-order valence-corrected chi connectivity index (χ2v) is 5.32. The fourth-order valence-corrected chi connectivity index (χ4v) is 2.64. The lowest BCUT2D eigenvalue weighted by Crippen LogP contribution is -2.42. The van der Waals surface area contributed by atoms with E-state index < -0.39 is 24.0 Å². The predicted molar refractivity (Wildman–Crippen MR) is 70.0 cm³/mol. The van der Waals surface area contributed by atoms with Crippen LogP contribution in [0, 0.1) is 11.7 Å². The molecular formula is C14H18F4N2. The Balaban J connectivity index is 2.27. The van der Waals surface area contributed by atoms with Gasteiger partial charge in [-0.15, -0.1) is 0 Å². The van der Waals surface area contributed by atoms with Gasteiger partial charge in [-0.2, -0.15) is 13.2 Å². The van der Waals surface area contributed by atoms with E-state index in [0.717, 1.165) is 0 Å². The molecule has 1 heterocycles. The molecule has 0 bridgehead atoms. The first kappa shape index (κ1) is 15.1. The molecule has 2 nitrogen and oxygen atoms in total. The molecule has 0 spiro atoms. The lowest BCUT2D eigenvalue weighted by molar-refractivity contribution is -0.176. The van der Waals surface area contributed by atoms with E-state index in [2.05, 4.69) is 0 Å². The summed E-state index contributed by atoms with van der Waals surface area (Å²) in [5.41, 5.74) is 6.95. The molecule has 1 fully saturated rings. The summed E-state index contributed by atoms with van der Waals surface area (Å²) in [7, 11) is 0. The molecule has 112 valence electrons. The molecule has 0 aliphatic carbocycles. The summed E-state index contributed by atoms with van der Waals surface area (Å²) in [4.78, 5) is 1.67. The summed E-state index contributed by atoms with van der Waals surface area (Å²) in [6.07, 6.45) is -3.57. The Morgan fingerprint density at radius 3 is 2.65 bits per heavy atom. The maximum Gasteiger partial charge on any atom is 0.393 e. The normalized spacial score (nSPS) is 21.9. The van der Waals surface area contributed by atoms with E-state index in [-0.39, 0.29) is 13.0 Å². The topological polar surface area (TPSA) is 29.3 Å². The van der Waals surface area contributed by atoms with Crippen molar-refractivity contribution in [3.8, 4) is 0 Å². The Morgan fingerprint density at radius 1 is 1.35 bits per heavy atom. The molecule has 2 N–H and O–H groups in total. The molecule has 1 saturated heterocycles. The van der Waals surface area contributed by atoms with Crippen molar-refractivity contribution in [3.05, 3.63) is 29.6 Å². The van der Waals surface area contributed by atoms with Gasteiger partial charge in [0.25, 0.3) is 0 Å². The SMILES string of the molecule is C[C@@H](N)c1cc(F)ccc1N1CCCC(C(F)(F)F)C1. The predicted octanol–water partition coefficient (Wildman–Crippen LogP) is 3.62. The van der Waals surface area contributed by atoms with Crippen LogP contribution in [0.2, 0.25) is 0 Å². The lowest BCUT2D eigenvalue weighted by Gasteiger charge is -2.36. The van der Waals surface area contributed by atoms with Crippen LogP contribution in [0.4, 0.5) is 23.2 Å². The third-order valence-electron chi connectivity index (χ3n) is 3.71. The second kappa shape index (κ2) is 5.60. The molecule has 1 unspecified atom stereocenters. The van der Waals surface area contributed by atoms with E-state index in [0.29, 0.717) is 24.2 Å². The van der Waals surface area contributed by atoms with Crippen LogP contribution in [0.5, 0.6) is 0 Å². The number of nitrogens with two attached hydrogens (primary N) is 1. The number of benzene rings is 1. The maximum atomic E-state index is 13.3. The van der Waals surface area contributed by atoms with E-state index in [9.17, 15) is 17.6 Å². The zero-order chi connectivity index (χ0) is 14.9. The van der Waals surface area contributed by atoms with Gasteiger partial charge in [0.1, 0.15) is 5.82 Å². The zero-order valence-corrected chi connectivity index (χ0v) is 11.3. The van der Waals surface area contributed by atoms with Crippen LogP contribution in [-0.2, 0) is 0 Å². The molecule has 0 radical (unpaired) electrons. The summed E-state index contributed by atoms with van der Waals surface area (Å²) < 4.78 is 51.8. The van der Waals surface area contributed by atoms with Crippen LogP contribution in [0.15, 0.2) is 18.2 Å². The third-order valence-corrected chi connectivity index (χ3v) is 3.71. The average molecular weight is 290 g/mol. The van der Waals surface area contributed by atoms with Crippen LogP contribution in [0.25, 0.3) is 0 Å². The summed E-state index contributed by atoms with van der Waals surface area (Å²) in [6.45, 7) is 2.15. The van der Waals surface area contributed by atoms with Crippen LogP contribution in [0.1, 0.15) is 31.4 Å². The molecule has 1 aliphatic heterocycles. The largest absolute Gasteiger partial charge is 0.393 e. The maximum absolute atomic E-state index is 13.3. The van der Waals surface area contributed by atoms with Gasteiger partial charge in [0.05, 0.1) is 5.92 Å². The van der Waals surface area contributed by atoms with Crippen LogP contribution < -0.4 is 10.6 Å². The molecule has 0 amide bonds. The number of halogens is 4. The molecule has 1 aromatic rings. The number of rotatable bonds is 2. The Labute approximate surface area is 115 Å². The minimum absolute atomic E-state index is 0.0884. The number of hydrogen-bond donors (Lipinski definition) is 1. The van der Waals surface area contributed by atoms with Crippen molar-refractivity contribution >= 4 is 5.69 Å². The summed E-state index contributed by atoms with van der Waals surface area (Å²) in [5.74, 6) is -1.76. The van der Waals surface area contributed by atoms with Gasteiger partial charge in [-0.1, -0.05) is 0 Å². The monoisotopic (exact) mass is 290 g/mol. The van der Waals surface area contributed by atoms with Crippen molar-refractivity contribution in [2.45, 2.75) is 32.0 Å². The average Bonchev–Trinajstić information content (AvgIpc) is 2.37. The second-order valence-electron chi connectivity index (χ2n) is 5.32. The Bertz CT molecular complexity index is 471. The van der Waals surface area contributed by atoms with Crippen molar-refractivity contribution in [1.82, 2.24) is 0 Å². The van der Waals surface area contributed by atoms with Crippen molar-refractivity contribution in [3.63, 3.8) is 0 Å². The van der Waals surface area contributed by atoms with Crippen molar-refractivity contribution in [2.24, 2.45) is 11.7 Å². The highest BCUT2D eigenvalue weighted by Gasteiger charge is 2.42. The first-order valence-electron chi connectivity index (χ1n) is 6.65. The van der Waals surface area contributed by atoms with E-state index in [1.165, 1.54) is 18.2 Å². The molecule has 2 atom stereocenters. The Kier molecular flexibility index (Phi) is 4.22. The molecule has 2 rings (SSSR count).